The maximum Gasteiger partial charge on any atom is 0.279 e. The van der Waals surface area contributed by atoms with Crippen molar-refractivity contribution < 1.29 is 16.8 Å². The first-order chi connectivity index (χ1) is 15.4. The van der Waals surface area contributed by atoms with Crippen molar-refractivity contribution in [1.82, 2.24) is 19.0 Å². The maximum atomic E-state index is 11.8. The third-order valence-electron chi connectivity index (χ3n) is 4.34. The Kier molecular flexibility index (Phi) is 7.51. The van der Waals surface area contributed by atoms with E-state index in [4.69, 9.17) is 16.7 Å². The number of nitrogens with two attached hydrogens (primary N) is 1. The van der Waals surface area contributed by atoms with E-state index in [9.17, 15) is 16.8 Å². The fourth-order valence-corrected chi connectivity index (χ4v) is 3.78. The SMILES string of the molecule is CN(C)S(=O)(=O)NCc1ccc(Nc2nc(Nc3ccc(S(N)(=O)=O)cc3)ncc2Cl)cc1. The van der Waals surface area contributed by atoms with Gasteiger partial charge in [0.25, 0.3) is 10.2 Å². The molecule has 0 saturated carbocycles. The van der Waals surface area contributed by atoms with Gasteiger partial charge in [-0.25, -0.2) is 18.5 Å². The van der Waals surface area contributed by atoms with Gasteiger partial charge in [-0.1, -0.05) is 23.7 Å². The molecule has 0 saturated heterocycles. The molecule has 33 heavy (non-hydrogen) atoms. The summed E-state index contributed by atoms with van der Waals surface area (Å²) < 4.78 is 49.9. The zero-order valence-corrected chi connectivity index (χ0v) is 20.0. The molecule has 0 aliphatic rings. The molecule has 11 nitrogen and oxygen atoms in total. The molecule has 3 rings (SSSR count). The molecule has 0 unspecified atom stereocenters. The molecule has 0 radical (unpaired) electrons. The van der Waals surface area contributed by atoms with Crippen LogP contribution in [0.1, 0.15) is 5.56 Å². The summed E-state index contributed by atoms with van der Waals surface area (Å²) >= 11 is 6.20. The van der Waals surface area contributed by atoms with Gasteiger partial charge in [0.15, 0.2) is 5.82 Å². The summed E-state index contributed by atoms with van der Waals surface area (Å²) in [4.78, 5) is 8.45. The van der Waals surface area contributed by atoms with Gasteiger partial charge in [0.2, 0.25) is 16.0 Å². The zero-order chi connectivity index (χ0) is 24.2. The largest absolute Gasteiger partial charge is 0.339 e. The van der Waals surface area contributed by atoms with Crippen molar-refractivity contribution in [2.45, 2.75) is 11.4 Å². The van der Waals surface area contributed by atoms with Gasteiger partial charge in [-0.15, -0.1) is 0 Å². The summed E-state index contributed by atoms with van der Waals surface area (Å²) in [5, 5.41) is 11.4. The van der Waals surface area contributed by atoms with E-state index in [1.165, 1.54) is 44.6 Å². The molecule has 5 N–H and O–H groups in total. The average Bonchev–Trinajstić information content (AvgIpc) is 2.75. The predicted molar refractivity (Wildman–Crippen MR) is 127 cm³/mol. The lowest BCUT2D eigenvalue weighted by Gasteiger charge is -2.13. The van der Waals surface area contributed by atoms with Gasteiger partial charge in [-0.05, 0) is 42.0 Å². The Morgan fingerprint density at radius 3 is 2.09 bits per heavy atom. The van der Waals surface area contributed by atoms with E-state index in [2.05, 4.69) is 25.3 Å². The Balaban J connectivity index is 1.68. The highest BCUT2D eigenvalue weighted by molar-refractivity contribution is 7.89. The molecule has 0 bridgehead atoms. The number of hydrogen-bond acceptors (Lipinski definition) is 8. The van der Waals surface area contributed by atoms with Gasteiger partial charge >= 0.3 is 0 Å². The van der Waals surface area contributed by atoms with Crippen molar-refractivity contribution in [3.05, 3.63) is 65.3 Å². The third-order valence-corrected chi connectivity index (χ3v) is 7.02. The highest BCUT2D eigenvalue weighted by atomic mass is 35.5. The number of sulfonamides is 1. The summed E-state index contributed by atoms with van der Waals surface area (Å²) in [7, 11) is -4.39. The molecule has 1 heterocycles. The number of nitrogens with zero attached hydrogens (tertiary/aromatic N) is 3. The highest BCUT2D eigenvalue weighted by Crippen LogP contribution is 2.25. The van der Waals surface area contributed by atoms with Crippen molar-refractivity contribution >= 4 is 55.0 Å². The van der Waals surface area contributed by atoms with E-state index in [-0.39, 0.29) is 22.4 Å². The summed E-state index contributed by atoms with van der Waals surface area (Å²) in [6, 6.07) is 12.9. The van der Waals surface area contributed by atoms with Crippen LogP contribution in [0.15, 0.2) is 59.6 Å². The minimum absolute atomic E-state index is 0.00890. The molecule has 0 spiro atoms. The third kappa shape index (κ3) is 6.83. The second-order valence-corrected chi connectivity index (χ2v) is 11.0. The minimum Gasteiger partial charge on any atom is -0.339 e. The molecule has 0 atom stereocenters. The first-order valence-corrected chi connectivity index (χ1v) is 12.8. The van der Waals surface area contributed by atoms with E-state index in [1.54, 1.807) is 24.3 Å². The van der Waals surface area contributed by atoms with Crippen LogP contribution < -0.4 is 20.5 Å². The van der Waals surface area contributed by atoms with Crippen LogP contribution >= 0.6 is 11.6 Å². The molecule has 0 aliphatic carbocycles. The number of halogens is 1. The van der Waals surface area contributed by atoms with Gasteiger partial charge < -0.3 is 10.6 Å². The fraction of sp³-hybridized carbons (Fsp3) is 0.158. The van der Waals surface area contributed by atoms with E-state index in [0.717, 1.165) is 9.87 Å². The Hall–Kier alpha value is -2.81. The lowest BCUT2D eigenvalue weighted by Crippen LogP contribution is -2.35. The van der Waals surface area contributed by atoms with Crippen LogP contribution in [-0.4, -0.2) is 45.2 Å². The maximum absolute atomic E-state index is 11.8. The molecule has 3 aromatic rings. The molecular formula is C19H22ClN7O4S2. The Bertz CT molecular complexity index is 1330. The molecule has 2 aromatic carbocycles. The Morgan fingerprint density at radius 1 is 0.939 bits per heavy atom. The van der Waals surface area contributed by atoms with Crippen LogP contribution in [0.3, 0.4) is 0 Å². The number of aromatic nitrogens is 2. The van der Waals surface area contributed by atoms with Crippen LogP contribution in [0.2, 0.25) is 5.02 Å². The highest BCUT2D eigenvalue weighted by Gasteiger charge is 2.12. The normalized spacial score (nSPS) is 12.0. The van der Waals surface area contributed by atoms with E-state index in [1.807, 2.05) is 0 Å². The summed E-state index contributed by atoms with van der Waals surface area (Å²) in [6.07, 6.45) is 1.42. The van der Waals surface area contributed by atoms with Gasteiger partial charge in [-0.3, -0.25) is 0 Å². The average molecular weight is 512 g/mol. The fourth-order valence-electron chi connectivity index (χ4n) is 2.52. The first-order valence-electron chi connectivity index (χ1n) is 9.39. The molecule has 1 aromatic heterocycles. The lowest BCUT2D eigenvalue weighted by molar-refractivity contribution is 0.505. The summed E-state index contributed by atoms with van der Waals surface area (Å²) in [5.41, 5.74) is 2.00. The molecule has 176 valence electrons. The number of nitrogens with one attached hydrogen (secondary N) is 3. The van der Waals surface area contributed by atoms with Gasteiger partial charge in [-0.2, -0.15) is 22.4 Å². The van der Waals surface area contributed by atoms with E-state index in [0.29, 0.717) is 17.2 Å². The van der Waals surface area contributed by atoms with Crippen molar-refractivity contribution in [1.29, 1.82) is 0 Å². The number of rotatable bonds is 9. The Labute approximate surface area is 197 Å². The standard InChI is InChI=1S/C19H22ClN7O4S2/c1-27(2)33(30,31)23-11-13-3-5-14(6-4-13)24-18-17(20)12-22-19(26-18)25-15-7-9-16(10-8-15)32(21,28)29/h3-10,12,23H,11H2,1-2H3,(H2,21,28,29)(H2,22,24,25,26). The minimum atomic E-state index is -3.78. The monoisotopic (exact) mass is 511 g/mol. The number of anilines is 4. The molecular weight excluding hydrogens is 490 g/mol. The number of primary sulfonamides is 1. The second kappa shape index (κ2) is 9.99. The molecule has 0 amide bonds. The quantitative estimate of drug-likeness (QED) is 0.340. The molecule has 0 aliphatic heterocycles. The predicted octanol–water partition coefficient (Wildman–Crippen LogP) is 2.16. The zero-order valence-electron chi connectivity index (χ0n) is 17.6. The van der Waals surface area contributed by atoms with Gasteiger partial charge in [0.05, 0.1) is 11.1 Å². The van der Waals surface area contributed by atoms with E-state index >= 15 is 0 Å². The first kappa shape index (κ1) is 24.8. The van der Waals surface area contributed by atoms with Crippen LogP contribution in [0.5, 0.6) is 0 Å². The topological polar surface area (TPSA) is 159 Å². The summed E-state index contributed by atoms with van der Waals surface area (Å²) in [5.74, 6) is 0.580. The molecule has 14 heteroatoms. The smallest absolute Gasteiger partial charge is 0.279 e. The number of hydrogen-bond donors (Lipinski definition) is 4. The molecule has 0 fully saturated rings. The van der Waals surface area contributed by atoms with Crippen LogP contribution in [0.25, 0.3) is 0 Å². The lowest BCUT2D eigenvalue weighted by atomic mass is 10.2. The number of benzene rings is 2. The van der Waals surface area contributed by atoms with Crippen LogP contribution in [-0.2, 0) is 26.8 Å². The van der Waals surface area contributed by atoms with E-state index < -0.39 is 20.2 Å². The van der Waals surface area contributed by atoms with Gasteiger partial charge in [0, 0.05) is 32.0 Å². The van der Waals surface area contributed by atoms with Crippen LogP contribution in [0, 0.1) is 0 Å². The van der Waals surface area contributed by atoms with Crippen molar-refractivity contribution in [3.8, 4) is 0 Å². The van der Waals surface area contributed by atoms with Crippen LogP contribution in [0.4, 0.5) is 23.1 Å². The summed E-state index contributed by atoms with van der Waals surface area (Å²) in [6.45, 7) is 0.146. The van der Waals surface area contributed by atoms with Crippen molar-refractivity contribution in [2.24, 2.45) is 5.14 Å². The Morgan fingerprint density at radius 2 is 1.52 bits per heavy atom. The van der Waals surface area contributed by atoms with Gasteiger partial charge in [0.1, 0.15) is 5.02 Å². The van der Waals surface area contributed by atoms with Crippen molar-refractivity contribution in [3.63, 3.8) is 0 Å². The van der Waals surface area contributed by atoms with Crippen molar-refractivity contribution in [2.75, 3.05) is 24.7 Å². The second-order valence-electron chi connectivity index (χ2n) is 7.02.